The molecule has 5 rings (SSSR count). The molecule has 2 saturated heterocycles. The van der Waals surface area contributed by atoms with E-state index in [1.54, 1.807) is 48.7 Å². The van der Waals surface area contributed by atoms with Gasteiger partial charge in [-0.2, -0.15) is 0 Å². The molecule has 2 amide bonds. The van der Waals surface area contributed by atoms with Crippen molar-refractivity contribution < 1.29 is 14.3 Å². The van der Waals surface area contributed by atoms with Crippen molar-refractivity contribution in [2.75, 3.05) is 20.2 Å². The zero-order valence-corrected chi connectivity index (χ0v) is 17.5. The van der Waals surface area contributed by atoms with Crippen molar-refractivity contribution >= 4 is 22.8 Å². The summed E-state index contributed by atoms with van der Waals surface area (Å²) in [6.45, 7) is 1.27. The van der Waals surface area contributed by atoms with Gasteiger partial charge in [0, 0.05) is 24.8 Å². The van der Waals surface area contributed by atoms with Gasteiger partial charge < -0.3 is 19.5 Å². The fourth-order valence-corrected chi connectivity index (χ4v) is 4.71. The first kappa shape index (κ1) is 19.5. The number of pyridine rings is 1. The van der Waals surface area contributed by atoms with Gasteiger partial charge in [-0.1, -0.05) is 0 Å². The number of amides is 2. The summed E-state index contributed by atoms with van der Waals surface area (Å²) in [5.74, 6) is 1.40. The number of H-pyrrole nitrogens is 1. The number of aromatic nitrogens is 3. The molecule has 0 bridgehead atoms. The minimum absolute atomic E-state index is 0.0143. The molecule has 0 radical (unpaired) electrons. The molecule has 0 saturated carbocycles. The Balaban J connectivity index is 1.36. The van der Waals surface area contributed by atoms with Gasteiger partial charge in [0.25, 0.3) is 5.91 Å². The van der Waals surface area contributed by atoms with E-state index in [9.17, 15) is 9.59 Å². The number of aromatic amines is 1. The molecule has 2 aliphatic rings. The molecule has 3 aromatic rings. The summed E-state index contributed by atoms with van der Waals surface area (Å²) in [7, 11) is 1.59. The van der Waals surface area contributed by atoms with Gasteiger partial charge in [0.2, 0.25) is 5.91 Å². The molecule has 8 heteroatoms. The Labute approximate surface area is 180 Å². The van der Waals surface area contributed by atoms with Gasteiger partial charge in [0.15, 0.2) is 0 Å². The summed E-state index contributed by atoms with van der Waals surface area (Å²) in [5, 5.41) is 0. The predicted molar refractivity (Wildman–Crippen MR) is 115 cm³/mol. The SMILES string of the molecule is COc1ccc(C(=O)N2CCCC2C(=O)N2CCCC2c2nc3ccncc3[nH]2)cc1. The minimum atomic E-state index is -0.429. The highest BCUT2D eigenvalue weighted by atomic mass is 16.5. The highest BCUT2D eigenvalue weighted by molar-refractivity contribution is 5.98. The summed E-state index contributed by atoms with van der Waals surface area (Å²) < 4.78 is 5.18. The molecule has 1 N–H and O–H groups in total. The lowest BCUT2D eigenvalue weighted by atomic mass is 10.1. The number of ether oxygens (including phenoxy) is 1. The van der Waals surface area contributed by atoms with E-state index in [4.69, 9.17) is 9.72 Å². The van der Waals surface area contributed by atoms with E-state index < -0.39 is 6.04 Å². The van der Waals surface area contributed by atoms with Crippen molar-refractivity contribution in [3.8, 4) is 5.75 Å². The van der Waals surface area contributed by atoms with Crippen molar-refractivity contribution in [3.63, 3.8) is 0 Å². The standard InChI is InChI=1S/C23H25N5O3/c1-31-16-8-6-15(7-9-16)22(29)28-13-3-5-20(28)23(30)27-12-2-4-19(27)21-25-17-10-11-24-14-18(17)26-21/h6-11,14,19-20H,2-5,12-13H2,1H3,(H,25,26). The van der Waals surface area contributed by atoms with Crippen LogP contribution in [0.5, 0.6) is 5.75 Å². The van der Waals surface area contributed by atoms with Gasteiger partial charge in [-0.3, -0.25) is 14.6 Å². The molecule has 0 aliphatic carbocycles. The topological polar surface area (TPSA) is 91.4 Å². The second kappa shape index (κ2) is 8.02. The molecule has 2 atom stereocenters. The molecule has 2 fully saturated rings. The number of likely N-dealkylation sites (tertiary alicyclic amines) is 2. The van der Waals surface area contributed by atoms with Crippen molar-refractivity contribution in [1.82, 2.24) is 24.8 Å². The molecule has 4 heterocycles. The quantitative estimate of drug-likeness (QED) is 0.702. The summed E-state index contributed by atoms with van der Waals surface area (Å²) in [5.41, 5.74) is 2.29. The van der Waals surface area contributed by atoms with Crippen LogP contribution in [0.15, 0.2) is 42.7 Å². The van der Waals surface area contributed by atoms with Crippen molar-refractivity contribution in [3.05, 3.63) is 54.1 Å². The third-order valence-electron chi connectivity index (χ3n) is 6.29. The van der Waals surface area contributed by atoms with Crippen molar-refractivity contribution in [2.45, 2.75) is 37.8 Å². The Morgan fingerprint density at radius 1 is 1.06 bits per heavy atom. The van der Waals surface area contributed by atoms with E-state index in [1.807, 2.05) is 11.0 Å². The Hall–Kier alpha value is -3.42. The lowest BCUT2D eigenvalue weighted by Crippen LogP contribution is -2.47. The maximum atomic E-state index is 13.6. The number of benzene rings is 1. The number of carbonyl (C=O) groups excluding carboxylic acids is 2. The van der Waals surface area contributed by atoms with Crippen LogP contribution in [-0.2, 0) is 4.79 Å². The lowest BCUT2D eigenvalue weighted by molar-refractivity contribution is -0.136. The van der Waals surface area contributed by atoms with E-state index in [0.29, 0.717) is 30.8 Å². The van der Waals surface area contributed by atoms with Crippen molar-refractivity contribution in [2.24, 2.45) is 0 Å². The van der Waals surface area contributed by atoms with E-state index in [2.05, 4.69) is 9.97 Å². The summed E-state index contributed by atoms with van der Waals surface area (Å²) in [6.07, 6.45) is 6.76. The largest absolute Gasteiger partial charge is 0.497 e. The third-order valence-corrected chi connectivity index (χ3v) is 6.29. The van der Waals surface area contributed by atoms with Gasteiger partial charge in [0.1, 0.15) is 17.6 Å². The van der Waals surface area contributed by atoms with Crippen LogP contribution >= 0.6 is 0 Å². The summed E-state index contributed by atoms with van der Waals surface area (Å²) in [4.78, 5) is 42.5. The maximum Gasteiger partial charge on any atom is 0.254 e. The molecule has 1 aromatic carbocycles. The molecule has 2 aliphatic heterocycles. The molecule has 31 heavy (non-hydrogen) atoms. The normalized spacial score (nSPS) is 21.1. The van der Waals surface area contributed by atoms with Crippen LogP contribution in [0.4, 0.5) is 0 Å². The number of hydrogen-bond acceptors (Lipinski definition) is 5. The van der Waals surface area contributed by atoms with Gasteiger partial charge in [-0.05, 0) is 56.0 Å². The van der Waals surface area contributed by atoms with Crippen LogP contribution in [0.3, 0.4) is 0 Å². The first-order valence-corrected chi connectivity index (χ1v) is 10.7. The van der Waals surface area contributed by atoms with Crippen LogP contribution in [0, 0.1) is 0 Å². The van der Waals surface area contributed by atoms with Crippen LogP contribution < -0.4 is 4.74 Å². The number of rotatable bonds is 4. The van der Waals surface area contributed by atoms with E-state index in [-0.39, 0.29) is 17.9 Å². The third kappa shape index (κ3) is 3.52. The smallest absolute Gasteiger partial charge is 0.254 e. The first-order chi connectivity index (χ1) is 15.2. The zero-order chi connectivity index (χ0) is 21.4. The fraction of sp³-hybridized carbons (Fsp3) is 0.391. The molecule has 160 valence electrons. The Morgan fingerprint density at radius 3 is 2.61 bits per heavy atom. The fourth-order valence-electron chi connectivity index (χ4n) is 4.71. The molecule has 0 spiro atoms. The predicted octanol–water partition coefficient (Wildman–Crippen LogP) is 2.93. The Morgan fingerprint density at radius 2 is 1.84 bits per heavy atom. The number of carbonyl (C=O) groups is 2. The number of nitrogens with zero attached hydrogens (tertiary/aromatic N) is 4. The van der Waals surface area contributed by atoms with E-state index in [0.717, 1.165) is 36.1 Å². The number of nitrogens with one attached hydrogen (secondary N) is 1. The molecular weight excluding hydrogens is 394 g/mol. The first-order valence-electron chi connectivity index (χ1n) is 10.7. The number of imidazole rings is 1. The molecule has 8 nitrogen and oxygen atoms in total. The highest BCUT2D eigenvalue weighted by Crippen LogP contribution is 2.34. The Kier molecular flexibility index (Phi) is 5.05. The Bertz CT molecular complexity index is 1080. The lowest BCUT2D eigenvalue weighted by Gasteiger charge is -2.31. The molecule has 2 unspecified atom stereocenters. The summed E-state index contributed by atoms with van der Waals surface area (Å²) in [6, 6.07) is 8.38. The van der Waals surface area contributed by atoms with Crippen LogP contribution in [0.2, 0.25) is 0 Å². The highest BCUT2D eigenvalue weighted by Gasteiger charge is 2.41. The monoisotopic (exact) mass is 419 g/mol. The van der Waals surface area contributed by atoms with E-state index in [1.165, 1.54) is 0 Å². The summed E-state index contributed by atoms with van der Waals surface area (Å²) >= 11 is 0. The van der Waals surface area contributed by atoms with Gasteiger partial charge in [0.05, 0.1) is 30.4 Å². The van der Waals surface area contributed by atoms with E-state index >= 15 is 0 Å². The molecule has 2 aromatic heterocycles. The average molecular weight is 419 g/mol. The number of hydrogen-bond donors (Lipinski definition) is 1. The van der Waals surface area contributed by atoms with Crippen LogP contribution in [0.25, 0.3) is 11.0 Å². The van der Waals surface area contributed by atoms with Gasteiger partial charge >= 0.3 is 0 Å². The maximum absolute atomic E-state index is 13.6. The second-order valence-electron chi connectivity index (χ2n) is 8.09. The van der Waals surface area contributed by atoms with Crippen molar-refractivity contribution in [1.29, 1.82) is 0 Å². The number of fused-ring (bicyclic) bond motifs is 1. The van der Waals surface area contributed by atoms with Gasteiger partial charge in [-0.25, -0.2) is 4.98 Å². The average Bonchev–Trinajstić information content (AvgIpc) is 3.56. The second-order valence-corrected chi connectivity index (χ2v) is 8.09. The zero-order valence-electron chi connectivity index (χ0n) is 17.5. The number of methoxy groups -OCH3 is 1. The molecular formula is C23H25N5O3. The van der Waals surface area contributed by atoms with Gasteiger partial charge in [-0.15, -0.1) is 0 Å². The minimum Gasteiger partial charge on any atom is -0.497 e. The van der Waals surface area contributed by atoms with Crippen LogP contribution in [-0.4, -0.2) is 62.8 Å². The van der Waals surface area contributed by atoms with Crippen LogP contribution in [0.1, 0.15) is 47.9 Å².